The second-order valence-electron chi connectivity index (χ2n) is 9.94. The first-order valence-corrected chi connectivity index (χ1v) is 13.1. The van der Waals surface area contributed by atoms with Gasteiger partial charge in [-0.2, -0.15) is 0 Å². The van der Waals surface area contributed by atoms with E-state index in [2.05, 4.69) is 0 Å². The molecule has 2 heterocycles. The Morgan fingerprint density at radius 3 is 2.56 bits per heavy atom. The number of nitrogens with zero attached hydrogens (tertiary/aromatic N) is 2. The van der Waals surface area contributed by atoms with Crippen molar-refractivity contribution >= 4 is 34.8 Å². The van der Waals surface area contributed by atoms with Crippen LogP contribution < -0.4 is 4.74 Å². The van der Waals surface area contributed by atoms with E-state index in [9.17, 15) is 14.0 Å². The number of halogens is 2. The summed E-state index contributed by atoms with van der Waals surface area (Å²) in [6.45, 7) is 8.33. The number of benzene rings is 2. The first-order valence-electron chi connectivity index (χ1n) is 11.9. The maximum absolute atomic E-state index is 13.7. The second-order valence-corrected chi connectivity index (χ2v) is 11.4. The highest BCUT2D eigenvalue weighted by Crippen LogP contribution is 2.34. The van der Waals surface area contributed by atoms with Crippen molar-refractivity contribution in [2.24, 2.45) is 0 Å². The van der Waals surface area contributed by atoms with Crippen LogP contribution in [0.25, 0.3) is 0 Å². The van der Waals surface area contributed by atoms with Gasteiger partial charge >= 0.3 is 0 Å². The Labute approximate surface area is 220 Å². The summed E-state index contributed by atoms with van der Waals surface area (Å²) in [5.74, 6) is -0.190. The highest BCUT2D eigenvalue weighted by Gasteiger charge is 2.36. The fraction of sp³-hybridized carbons (Fsp3) is 0.357. The van der Waals surface area contributed by atoms with Crippen LogP contribution in [0.5, 0.6) is 5.75 Å². The van der Waals surface area contributed by atoms with Gasteiger partial charge in [0.15, 0.2) is 0 Å². The standard InChI is InChI=1S/C28H30ClFN2O3S/c1-18-15-21(9-10-23(18)29)35-17-24-22-12-14-36-25(22)11-13-31(24)26(33)16-32(28(2,3)4)27(34)19-5-7-20(30)8-6-19/h5-10,12,14-15,24H,11,13,16-17H2,1-4H3/t24-/m0/s1. The molecule has 0 saturated heterocycles. The van der Waals surface area contributed by atoms with Crippen molar-refractivity contribution in [1.82, 2.24) is 9.80 Å². The quantitative estimate of drug-likeness (QED) is 0.377. The molecule has 1 aliphatic heterocycles. The lowest BCUT2D eigenvalue weighted by Crippen LogP contribution is -2.53. The van der Waals surface area contributed by atoms with Crippen LogP contribution in [0, 0.1) is 12.7 Å². The highest BCUT2D eigenvalue weighted by atomic mass is 35.5. The molecule has 2 aromatic carbocycles. The molecular weight excluding hydrogens is 499 g/mol. The number of hydrogen-bond acceptors (Lipinski definition) is 4. The van der Waals surface area contributed by atoms with Crippen molar-refractivity contribution in [3.63, 3.8) is 0 Å². The average molecular weight is 529 g/mol. The summed E-state index contributed by atoms with van der Waals surface area (Å²) in [6, 6.07) is 12.7. The van der Waals surface area contributed by atoms with Gasteiger partial charge in [-0.15, -0.1) is 11.3 Å². The SMILES string of the molecule is Cc1cc(OC[C@H]2c3ccsc3CCN2C(=O)CN(C(=O)c2ccc(F)cc2)C(C)(C)C)ccc1Cl. The summed E-state index contributed by atoms with van der Waals surface area (Å²) in [6.07, 6.45) is 0.761. The topological polar surface area (TPSA) is 49.9 Å². The Morgan fingerprint density at radius 1 is 1.17 bits per heavy atom. The summed E-state index contributed by atoms with van der Waals surface area (Å²) in [4.78, 5) is 31.6. The number of ether oxygens (including phenoxy) is 1. The number of rotatable bonds is 6. The number of amides is 2. The van der Waals surface area contributed by atoms with Crippen molar-refractivity contribution in [3.8, 4) is 5.75 Å². The molecule has 1 atom stereocenters. The summed E-state index contributed by atoms with van der Waals surface area (Å²) in [7, 11) is 0. The maximum Gasteiger partial charge on any atom is 0.254 e. The predicted molar refractivity (Wildman–Crippen MR) is 141 cm³/mol. The molecule has 0 unspecified atom stereocenters. The van der Waals surface area contributed by atoms with Gasteiger partial charge in [0, 0.05) is 27.5 Å². The third-order valence-corrected chi connectivity index (χ3v) is 7.81. The van der Waals surface area contributed by atoms with E-state index in [1.54, 1.807) is 22.3 Å². The van der Waals surface area contributed by atoms with Gasteiger partial charge in [-0.05, 0) is 99.2 Å². The van der Waals surface area contributed by atoms with Gasteiger partial charge in [0.25, 0.3) is 5.91 Å². The van der Waals surface area contributed by atoms with E-state index in [1.807, 2.05) is 56.2 Å². The summed E-state index contributed by atoms with van der Waals surface area (Å²) < 4.78 is 19.5. The minimum Gasteiger partial charge on any atom is -0.491 e. The Kier molecular flexibility index (Phi) is 7.71. The number of thiophene rings is 1. The van der Waals surface area contributed by atoms with Crippen LogP contribution in [0.2, 0.25) is 5.02 Å². The highest BCUT2D eigenvalue weighted by molar-refractivity contribution is 7.10. The van der Waals surface area contributed by atoms with Crippen LogP contribution in [0.15, 0.2) is 53.9 Å². The molecular formula is C28H30ClFN2O3S. The molecule has 8 heteroatoms. The fourth-order valence-corrected chi connectivity index (χ4v) is 5.39. The molecule has 0 fully saturated rings. The lowest BCUT2D eigenvalue weighted by Gasteiger charge is -2.40. The second kappa shape index (κ2) is 10.6. The molecule has 1 aromatic heterocycles. The van der Waals surface area contributed by atoms with Crippen molar-refractivity contribution in [2.45, 2.75) is 45.7 Å². The molecule has 36 heavy (non-hydrogen) atoms. The number of fused-ring (bicyclic) bond motifs is 1. The van der Waals surface area contributed by atoms with Gasteiger partial charge in [0.2, 0.25) is 5.91 Å². The maximum atomic E-state index is 13.7. The first kappa shape index (κ1) is 26.2. The first-order chi connectivity index (χ1) is 17.0. The Bertz CT molecular complexity index is 1250. The number of carbonyl (C=O) groups excluding carboxylic acids is 2. The molecule has 0 spiro atoms. The molecule has 5 nitrogen and oxygen atoms in total. The average Bonchev–Trinajstić information content (AvgIpc) is 3.31. The minimum absolute atomic E-state index is 0.0876. The monoisotopic (exact) mass is 528 g/mol. The number of aryl methyl sites for hydroxylation is 1. The summed E-state index contributed by atoms with van der Waals surface area (Å²) in [5, 5.41) is 2.71. The lowest BCUT2D eigenvalue weighted by molar-refractivity contribution is -0.136. The largest absolute Gasteiger partial charge is 0.491 e. The normalized spacial score (nSPS) is 15.4. The Hall–Kier alpha value is -2.90. The molecule has 190 valence electrons. The minimum atomic E-state index is -0.614. The summed E-state index contributed by atoms with van der Waals surface area (Å²) >= 11 is 7.84. The van der Waals surface area contributed by atoms with Crippen molar-refractivity contribution in [1.29, 1.82) is 0 Å². The van der Waals surface area contributed by atoms with E-state index in [4.69, 9.17) is 16.3 Å². The van der Waals surface area contributed by atoms with Gasteiger partial charge in [0.1, 0.15) is 24.7 Å². The van der Waals surface area contributed by atoms with Crippen LogP contribution in [0.4, 0.5) is 4.39 Å². The fourth-order valence-electron chi connectivity index (χ4n) is 4.34. The van der Waals surface area contributed by atoms with Crippen LogP contribution in [0.1, 0.15) is 53.2 Å². The molecule has 0 N–H and O–H groups in total. The van der Waals surface area contributed by atoms with E-state index >= 15 is 0 Å². The molecule has 1 aliphatic rings. The number of carbonyl (C=O) groups is 2. The van der Waals surface area contributed by atoms with Crippen LogP contribution >= 0.6 is 22.9 Å². The Balaban J connectivity index is 1.56. The predicted octanol–water partition coefficient (Wildman–Crippen LogP) is 6.29. The molecule has 4 rings (SSSR count). The molecule has 0 bridgehead atoms. The van der Waals surface area contributed by atoms with Crippen molar-refractivity contribution in [2.75, 3.05) is 19.7 Å². The molecule has 3 aromatic rings. The lowest BCUT2D eigenvalue weighted by atomic mass is 9.99. The van der Waals surface area contributed by atoms with E-state index in [0.29, 0.717) is 22.9 Å². The van der Waals surface area contributed by atoms with Crippen LogP contribution in [-0.4, -0.2) is 46.8 Å². The van der Waals surface area contributed by atoms with Crippen LogP contribution in [-0.2, 0) is 11.2 Å². The molecule has 2 amide bonds. The summed E-state index contributed by atoms with van der Waals surface area (Å²) in [5.41, 5.74) is 1.73. The Morgan fingerprint density at radius 2 is 1.89 bits per heavy atom. The van der Waals surface area contributed by atoms with Gasteiger partial charge in [-0.3, -0.25) is 9.59 Å². The van der Waals surface area contributed by atoms with E-state index < -0.39 is 11.4 Å². The van der Waals surface area contributed by atoms with Gasteiger partial charge in [-0.25, -0.2) is 4.39 Å². The van der Waals surface area contributed by atoms with E-state index in [1.165, 1.54) is 29.1 Å². The zero-order valence-electron chi connectivity index (χ0n) is 20.9. The molecule has 0 aliphatic carbocycles. The van der Waals surface area contributed by atoms with Crippen LogP contribution in [0.3, 0.4) is 0 Å². The number of hydrogen-bond donors (Lipinski definition) is 0. The van der Waals surface area contributed by atoms with Gasteiger partial charge in [-0.1, -0.05) is 11.6 Å². The molecule has 0 saturated carbocycles. The molecule has 0 radical (unpaired) electrons. The smallest absolute Gasteiger partial charge is 0.254 e. The van der Waals surface area contributed by atoms with Crippen molar-refractivity contribution < 1.29 is 18.7 Å². The zero-order chi connectivity index (χ0) is 26.0. The van der Waals surface area contributed by atoms with Crippen molar-refractivity contribution in [3.05, 3.63) is 86.3 Å². The van der Waals surface area contributed by atoms with E-state index in [-0.39, 0.29) is 31.0 Å². The third kappa shape index (κ3) is 5.73. The van der Waals surface area contributed by atoms with E-state index in [0.717, 1.165) is 17.5 Å². The van der Waals surface area contributed by atoms with Gasteiger partial charge in [0.05, 0.1) is 6.04 Å². The zero-order valence-corrected chi connectivity index (χ0v) is 22.5. The third-order valence-electron chi connectivity index (χ3n) is 6.39. The van der Waals surface area contributed by atoms with Gasteiger partial charge < -0.3 is 14.5 Å².